The van der Waals surface area contributed by atoms with Crippen molar-refractivity contribution in [1.29, 1.82) is 0 Å². The molecule has 0 aromatic heterocycles. The molecule has 0 unspecified atom stereocenters. The van der Waals surface area contributed by atoms with E-state index in [9.17, 15) is 9.59 Å². The van der Waals surface area contributed by atoms with E-state index < -0.39 is 5.97 Å². The highest BCUT2D eigenvalue weighted by Gasteiger charge is 2.13. The first-order valence-electron chi connectivity index (χ1n) is 6.87. The van der Waals surface area contributed by atoms with E-state index >= 15 is 0 Å². The lowest BCUT2D eigenvalue weighted by molar-refractivity contribution is -0.118. The van der Waals surface area contributed by atoms with Crippen LogP contribution in [0.1, 0.15) is 15.9 Å². The topological polar surface area (TPSA) is 64.6 Å². The van der Waals surface area contributed by atoms with Gasteiger partial charge in [0.25, 0.3) is 5.91 Å². The number of rotatable bonds is 5. The van der Waals surface area contributed by atoms with Crippen molar-refractivity contribution in [3.63, 3.8) is 0 Å². The predicted molar refractivity (Wildman–Crippen MR) is 88.1 cm³/mol. The van der Waals surface area contributed by atoms with Crippen LogP contribution in [0.5, 0.6) is 5.75 Å². The highest BCUT2D eigenvalue weighted by Crippen LogP contribution is 2.20. The second-order valence-corrected chi connectivity index (χ2v) is 5.20. The molecule has 120 valence electrons. The molecule has 0 saturated heterocycles. The number of amides is 1. The molecule has 0 aliphatic rings. The van der Waals surface area contributed by atoms with Crippen LogP contribution in [0.3, 0.4) is 0 Å². The van der Waals surface area contributed by atoms with Gasteiger partial charge in [0, 0.05) is 10.7 Å². The first kappa shape index (κ1) is 16.8. The van der Waals surface area contributed by atoms with Gasteiger partial charge in [-0.25, -0.2) is 4.79 Å². The Labute approximate surface area is 139 Å². The molecule has 5 nitrogen and oxygen atoms in total. The van der Waals surface area contributed by atoms with E-state index in [4.69, 9.17) is 21.1 Å². The number of halogens is 1. The summed E-state index contributed by atoms with van der Waals surface area (Å²) < 4.78 is 10.1. The van der Waals surface area contributed by atoms with Crippen LogP contribution in [0, 0.1) is 6.92 Å². The van der Waals surface area contributed by atoms with E-state index in [0.29, 0.717) is 27.6 Å². The summed E-state index contributed by atoms with van der Waals surface area (Å²) in [6.45, 7) is 1.59. The Morgan fingerprint density at radius 2 is 1.83 bits per heavy atom. The summed E-state index contributed by atoms with van der Waals surface area (Å²) in [4.78, 5) is 23.6. The van der Waals surface area contributed by atoms with Crippen molar-refractivity contribution >= 4 is 29.2 Å². The van der Waals surface area contributed by atoms with Crippen molar-refractivity contribution in [1.82, 2.24) is 0 Å². The number of carbonyl (C=O) groups excluding carboxylic acids is 2. The third-order valence-corrected chi connectivity index (χ3v) is 3.45. The smallest absolute Gasteiger partial charge is 0.338 e. The maximum atomic E-state index is 12.0. The van der Waals surface area contributed by atoms with Gasteiger partial charge in [-0.2, -0.15) is 0 Å². The van der Waals surface area contributed by atoms with Crippen LogP contribution in [0.4, 0.5) is 5.69 Å². The highest BCUT2D eigenvalue weighted by molar-refractivity contribution is 6.30. The number of nitrogens with one attached hydrogen (secondary N) is 1. The minimum atomic E-state index is -0.448. The minimum Gasteiger partial charge on any atom is -0.484 e. The van der Waals surface area contributed by atoms with Crippen LogP contribution in [0.15, 0.2) is 42.5 Å². The van der Waals surface area contributed by atoms with Crippen molar-refractivity contribution < 1.29 is 19.1 Å². The van der Waals surface area contributed by atoms with Gasteiger partial charge in [-0.05, 0) is 48.9 Å². The van der Waals surface area contributed by atoms with E-state index in [1.165, 1.54) is 7.11 Å². The molecule has 0 spiro atoms. The Morgan fingerprint density at radius 1 is 1.13 bits per heavy atom. The van der Waals surface area contributed by atoms with Crippen molar-refractivity contribution in [2.45, 2.75) is 6.92 Å². The molecular formula is C17H16ClNO4. The first-order chi connectivity index (χ1) is 11.0. The summed E-state index contributed by atoms with van der Waals surface area (Å²) in [6.07, 6.45) is 0. The number of esters is 1. The van der Waals surface area contributed by atoms with E-state index in [2.05, 4.69) is 5.32 Å². The van der Waals surface area contributed by atoms with Gasteiger partial charge in [-0.15, -0.1) is 0 Å². The SMILES string of the molecule is COC(=O)c1cccc(NC(=O)COc2ccc(Cl)cc2)c1C. The Hall–Kier alpha value is -2.53. The van der Waals surface area contributed by atoms with Crippen LogP contribution < -0.4 is 10.1 Å². The number of methoxy groups -OCH3 is 1. The van der Waals surface area contributed by atoms with Crippen molar-refractivity contribution in [2.75, 3.05) is 19.0 Å². The molecule has 0 fully saturated rings. The van der Waals surface area contributed by atoms with Crippen molar-refractivity contribution in [2.24, 2.45) is 0 Å². The number of hydrogen-bond donors (Lipinski definition) is 1. The van der Waals surface area contributed by atoms with Crippen molar-refractivity contribution in [3.05, 3.63) is 58.6 Å². The summed E-state index contributed by atoms with van der Waals surface area (Å²) in [5.41, 5.74) is 1.58. The standard InChI is InChI=1S/C17H16ClNO4/c1-11-14(17(21)22-2)4-3-5-15(11)19-16(20)10-23-13-8-6-12(18)7-9-13/h3-9H,10H2,1-2H3,(H,19,20). The molecule has 0 aliphatic carbocycles. The summed E-state index contributed by atoms with van der Waals surface area (Å²) in [5, 5.41) is 3.31. The Bertz CT molecular complexity index is 713. The third kappa shape index (κ3) is 4.47. The molecule has 2 aromatic carbocycles. The van der Waals surface area contributed by atoms with Gasteiger partial charge >= 0.3 is 5.97 Å². The van der Waals surface area contributed by atoms with Gasteiger partial charge in [0.2, 0.25) is 0 Å². The van der Waals surface area contributed by atoms with E-state index in [0.717, 1.165) is 0 Å². The Kier molecular flexibility index (Phi) is 5.60. The summed E-state index contributed by atoms with van der Waals surface area (Å²) >= 11 is 5.78. The predicted octanol–water partition coefficient (Wildman–Crippen LogP) is 3.45. The lowest BCUT2D eigenvalue weighted by Gasteiger charge is -2.12. The normalized spacial score (nSPS) is 10.0. The molecule has 2 rings (SSSR count). The number of benzene rings is 2. The fourth-order valence-electron chi connectivity index (χ4n) is 1.97. The molecule has 1 N–H and O–H groups in total. The van der Waals surface area contributed by atoms with Gasteiger partial charge in [-0.1, -0.05) is 17.7 Å². The second kappa shape index (κ2) is 7.65. The molecule has 1 amide bonds. The highest BCUT2D eigenvalue weighted by atomic mass is 35.5. The molecule has 0 atom stereocenters. The maximum Gasteiger partial charge on any atom is 0.338 e. The number of carbonyl (C=O) groups is 2. The number of anilines is 1. The molecule has 23 heavy (non-hydrogen) atoms. The average Bonchev–Trinajstić information content (AvgIpc) is 2.55. The largest absolute Gasteiger partial charge is 0.484 e. The van der Waals surface area contributed by atoms with Crippen LogP contribution in [0.25, 0.3) is 0 Å². The zero-order valence-corrected chi connectivity index (χ0v) is 13.5. The van der Waals surface area contributed by atoms with Crippen LogP contribution >= 0.6 is 11.6 Å². The number of hydrogen-bond acceptors (Lipinski definition) is 4. The summed E-state index contributed by atoms with van der Waals surface area (Å²) in [5.74, 6) is -0.231. The fraction of sp³-hybridized carbons (Fsp3) is 0.176. The molecule has 2 aromatic rings. The molecule has 0 saturated carbocycles. The van der Waals surface area contributed by atoms with Gasteiger partial charge in [0.05, 0.1) is 12.7 Å². The van der Waals surface area contributed by atoms with Crippen molar-refractivity contribution in [3.8, 4) is 5.75 Å². The zero-order chi connectivity index (χ0) is 16.8. The average molecular weight is 334 g/mol. The fourth-order valence-corrected chi connectivity index (χ4v) is 2.09. The van der Waals surface area contributed by atoms with Gasteiger partial charge in [0.15, 0.2) is 6.61 Å². The van der Waals surface area contributed by atoms with E-state index in [1.807, 2.05) is 0 Å². The molecule has 0 bridgehead atoms. The van der Waals surface area contributed by atoms with Crippen LogP contribution in [-0.2, 0) is 9.53 Å². The van der Waals surface area contributed by atoms with Crippen LogP contribution in [0.2, 0.25) is 5.02 Å². The lowest BCUT2D eigenvalue weighted by atomic mass is 10.1. The summed E-state index contributed by atoms with van der Waals surface area (Å²) in [7, 11) is 1.31. The van der Waals surface area contributed by atoms with Gasteiger partial charge in [0.1, 0.15) is 5.75 Å². The van der Waals surface area contributed by atoms with Crippen LogP contribution in [-0.4, -0.2) is 25.6 Å². The second-order valence-electron chi connectivity index (χ2n) is 4.76. The Balaban J connectivity index is 2.00. The molecule has 0 heterocycles. The van der Waals surface area contributed by atoms with E-state index in [-0.39, 0.29) is 12.5 Å². The number of ether oxygens (including phenoxy) is 2. The maximum absolute atomic E-state index is 12.0. The zero-order valence-electron chi connectivity index (χ0n) is 12.8. The van der Waals surface area contributed by atoms with E-state index in [1.54, 1.807) is 49.4 Å². The van der Waals surface area contributed by atoms with Gasteiger partial charge < -0.3 is 14.8 Å². The lowest BCUT2D eigenvalue weighted by Crippen LogP contribution is -2.21. The Morgan fingerprint density at radius 3 is 2.48 bits per heavy atom. The summed E-state index contributed by atoms with van der Waals surface area (Å²) in [6, 6.07) is 11.7. The van der Waals surface area contributed by atoms with Gasteiger partial charge in [-0.3, -0.25) is 4.79 Å². The third-order valence-electron chi connectivity index (χ3n) is 3.20. The molecule has 6 heteroatoms. The molecule has 0 aliphatic heterocycles. The molecular weight excluding hydrogens is 318 g/mol. The molecule has 0 radical (unpaired) electrons. The first-order valence-corrected chi connectivity index (χ1v) is 7.25. The minimum absolute atomic E-state index is 0.149. The quantitative estimate of drug-likeness (QED) is 0.851. The monoisotopic (exact) mass is 333 g/mol.